The van der Waals surface area contributed by atoms with Crippen molar-refractivity contribution in [2.45, 2.75) is 44.1 Å². The van der Waals surface area contributed by atoms with Crippen molar-refractivity contribution in [1.29, 1.82) is 0 Å². The lowest BCUT2D eigenvalue weighted by Crippen LogP contribution is -2.39. The first-order chi connectivity index (χ1) is 29.2. The van der Waals surface area contributed by atoms with E-state index in [1.54, 1.807) is 5.57 Å². The third-order valence-corrected chi connectivity index (χ3v) is 13.5. The molecule has 1 nitrogen and oxygen atoms in total. The normalized spacial score (nSPS) is 17.6. The average molecular weight is 758 g/mol. The number of rotatable bonds is 7. The summed E-state index contributed by atoms with van der Waals surface area (Å²) in [7, 11) is 0. The molecule has 59 heavy (non-hydrogen) atoms. The topological polar surface area (TPSA) is 3.24 Å². The minimum atomic E-state index is 0.0903. The van der Waals surface area contributed by atoms with Crippen LogP contribution in [0.25, 0.3) is 60.9 Å². The molecule has 0 saturated heterocycles. The van der Waals surface area contributed by atoms with E-state index in [-0.39, 0.29) is 17.4 Å². The maximum atomic E-state index is 2.70. The van der Waals surface area contributed by atoms with Crippen molar-refractivity contribution in [3.05, 3.63) is 223 Å². The second kappa shape index (κ2) is 14.6. The number of anilines is 2. The highest BCUT2D eigenvalue weighted by atomic mass is 15.2. The van der Waals surface area contributed by atoms with Crippen LogP contribution in [0.15, 0.2) is 212 Å². The van der Waals surface area contributed by atoms with Gasteiger partial charge in [-0.1, -0.05) is 202 Å². The van der Waals surface area contributed by atoms with Crippen molar-refractivity contribution < 1.29 is 0 Å². The van der Waals surface area contributed by atoms with Crippen molar-refractivity contribution in [3.63, 3.8) is 0 Å². The molecule has 0 N–H and O–H groups in total. The Morgan fingerprint density at radius 2 is 1.02 bits per heavy atom. The highest BCUT2D eigenvalue weighted by Gasteiger charge is 2.50. The number of nitrogens with zero attached hydrogens (tertiary/aromatic N) is 1. The van der Waals surface area contributed by atoms with Crippen LogP contribution in [0.2, 0.25) is 0 Å². The zero-order chi connectivity index (χ0) is 39.3. The molecular weight excluding hydrogens is 711 g/mol. The number of fused-ring (bicyclic) bond motifs is 5. The van der Waals surface area contributed by atoms with E-state index in [0.29, 0.717) is 0 Å². The zero-order valence-corrected chi connectivity index (χ0v) is 33.6. The minimum Gasteiger partial charge on any atom is -0.333 e. The molecule has 0 heterocycles. The molecule has 2 atom stereocenters. The molecule has 8 aromatic carbocycles. The van der Waals surface area contributed by atoms with Crippen LogP contribution in [0.4, 0.5) is 11.4 Å². The van der Waals surface area contributed by atoms with Gasteiger partial charge in [-0.3, -0.25) is 0 Å². The third kappa shape index (κ3) is 5.91. The smallest absolute Gasteiger partial charge is 0.0660 e. The highest BCUT2D eigenvalue weighted by molar-refractivity contribution is 5.98. The van der Waals surface area contributed by atoms with E-state index in [1.165, 1.54) is 109 Å². The van der Waals surface area contributed by atoms with Gasteiger partial charge in [0.15, 0.2) is 0 Å². The van der Waals surface area contributed by atoms with E-state index in [4.69, 9.17) is 0 Å². The van der Waals surface area contributed by atoms with E-state index < -0.39 is 0 Å². The summed E-state index contributed by atoms with van der Waals surface area (Å²) in [5, 5.41) is 2.53. The van der Waals surface area contributed by atoms with Crippen LogP contribution < -0.4 is 4.90 Å². The van der Waals surface area contributed by atoms with Crippen molar-refractivity contribution in [1.82, 2.24) is 0 Å². The molecule has 1 heteroatoms. The fourth-order valence-corrected chi connectivity index (χ4v) is 10.8. The first kappa shape index (κ1) is 35.5. The van der Waals surface area contributed by atoms with Crippen molar-refractivity contribution in [3.8, 4) is 44.5 Å². The van der Waals surface area contributed by atoms with E-state index in [1.807, 2.05) is 0 Å². The fraction of sp³-hybridized carbons (Fsp3) is 0.138. The molecule has 11 rings (SSSR count). The summed E-state index contributed by atoms with van der Waals surface area (Å²) in [6.45, 7) is 2.43. The largest absolute Gasteiger partial charge is 0.333 e. The molecule has 1 fully saturated rings. The SMILES string of the molecule is CC1C=CC2=C(c3ccccc3C23CCCC3)C1N(c1ccc(-c2ccc3ccccc3c2)cc1)c1ccccc1-c1ccccc1-c1ccccc1-c1ccccc1. The highest BCUT2D eigenvalue weighted by Crippen LogP contribution is 2.60. The third-order valence-electron chi connectivity index (χ3n) is 13.5. The van der Waals surface area contributed by atoms with Crippen LogP contribution in [0, 0.1) is 5.92 Å². The van der Waals surface area contributed by atoms with Gasteiger partial charge in [0.05, 0.1) is 6.04 Å². The molecule has 2 unspecified atom stereocenters. The number of hydrogen-bond donors (Lipinski definition) is 0. The summed E-state index contributed by atoms with van der Waals surface area (Å²) in [4.78, 5) is 2.70. The van der Waals surface area contributed by atoms with Gasteiger partial charge < -0.3 is 4.90 Å². The summed E-state index contributed by atoms with van der Waals surface area (Å²) in [6.07, 6.45) is 10.0. The molecule has 0 aromatic heterocycles. The Kier molecular flexibility index (Phi) is 8.77. The van der Waals surface area contributed by atoms with Crippen LogP contribution in [-0.4, -0.2) is 6.04 Å². The summed E-state index contributed by atoms with van der Waals surface area (Å²) in [5.41, 5.74) is 18.4. The van der Waals surface area contributed by atoms with E-state index in [2.05, 4.69) is 218 Å². The summed E-state index contributed by atoms with van der Waals surface area (Å²) in [5.74, 6) is 0.264. The standard InChI is InChI=1S/C58H47N/c1-40-29-36-54-56(52-26-11-13-27-53(52)58(54)37-15-16-38-58)57(40)59(46-34-32-42(33-35-46)45-31-30-41-17-5-6-20-44(41)39-45)55-28-14-12-25-51(55)50-24-10-9-23-49(50)48-22-8-7-21-47(48)43-18-3-2-4-19-43/h2-14,17-36,39-40,57H,15-16,37-38H2,1H3. The van der Waals surface area contributed by atoms with Crippen LogP contribution in [0.3, 0.4) is 0 Å². The van der Waals surface area contributed by atoms with E-state index >= 15 is 0 Å². The van der Waals surface area contributed by atoms with Gasteiger partial charge in [-0.25, -0.2) is 0 Å². The van der Waals surface area contributed by atoms with E-state index in [0.717, 1.165) is 0 Å². The number of hydrogen-bond acceptors (Lipinski definition) is 1. The molecule has 0 bridgehead atoms. The molecular formula is C58H47N. The summed E-state index contributed by atoms with van der Waals surface area (Å²) in [6, 6.07) is 72.2. The predicted octanol–water partition coefficient (Wildman–Crippen LogP) is 15.5. The molecule has 0 amide bonds. The Morgan fingerprint density at radius 3 is 1.76 bits per heavy atom. The number of para-hydroxylation sites is 1. The van der Waals surface area contributed by atoms with Gasteiger partial charge in [-0.05, 0) is 115 Å². The van der Waals surface area contributed by atoms with E-state index in [9.17, 15) is 0 Å². The first-order valence-electron chi connectivity index (χ1n) is 21.4. The Bertz CT molecular complexity index is 2910. The number of allylic oxidation sites excluding steroid dienone is 2. The minimum absolute atomic E-state index is 0.0903. The molecule has 1 spiro atoms. The van der Waals surface area contributed by atoms with Gasteiger partial charge in [0.25, 0.3) is 0 Å². The molecule has 1 saturated carbocycles. The molecule has 3 aliphatic rings. The van der Waals surface area contributed by atoms with Crippen LogP contribution in [-0.2, 0) is 5.41 Å². The summed E-state index contributed by atoms with van der Waals surface area (Å²) >= 11 is 0. The average Bonchev–Trinajstić information content (AvgIpc) is 3.91. The molecule has 3 aliphatic carbocycles. The predicted molar refractivity (Wildman–Crippen MR) is 250 cm³/mol. The molecule has 284 valence electrons. The van der Waals surface area contributed by atoms with Crippen molar-refractivity contribution in [2.24, 2.45) is 5.92 Å². The monoisotopic (exact) mass is 757 g/mol. The Morgan fingerprint density at radius 1 is 0.458 bits per heavy atom. The van der Waals surface area contributed by atoms with Gasteiger partial charge in [0.1, 0.15) is 0 Å². The van der Waals surface area contributed by atoms with Crippen molar-refractivity contribution in [2.75, 3.05) is 4.90 Å². The maximum Gasteiger partial charge on any atom is 0.0660 e. The second-order valence-electron chi connectivity index (χ2n) is 16.8. The Balaban J connectivity index is 1.12. The van der Waals surface area contributed by atoms with Gasteiger partial charge in [0.2, 0.25) is 0 Å². The fourth-order valence-electron chi connectivity index (χ4n) is 10.8. The molecule has 0 aliphatic heterocycles. The van der Waals surface area contributed by atoms with Crippen molar-refractivity contribution >= 4 is 27.7 Å². The van der Waals surface area contributed by atoms with Gasteiger partial charge >= 0.3 is 0 Å². The molecule has 0 radical (unpaired) electrons. The van der Waals surface area contributed by atoms with Crippen LogP contribution >= 0.6 is 0 Å². The van der Waals surface area contributed by atoms with Gasteiger partial charge in [-0.15, -0.1) is 0 Å². The van der Waals surface area contributed by atoms with Gasteiger partial charge in [0, 0.05) is 22.4 Å². The van der Waals surface area contributed by atoms with Gasteiger partial charge in [-0.2, -0.15) is 0 Å². The lowest BCUT2D eigenvalue weighted by Gasteiger charge is -2.42. The number of benzene rings is 8. The second-order valence-corrected chi connectivity index (χ2v) is 16.8. The molecule has 8 aromatic rings. The van der Waals surface area contributed by atoms with Crippen LogP contribution in [0.5, 0.6) is 0 Å². The van der Waals surface area contributed by atoms with Crippen LogP contribution in [0.1, 0.15) is 43.7 Å². The zero-order valence-electron chi connectivity index (χ0n) is 33.6. The quantitative estimate of drug-likeness (QED) is 0.156. The lowest BCUT2D eigenvalue weighted by atomic mass is 9.73. The summed E-state index contributed by atoms with van der Waals surface area (Å²) < 4.78 is 0. The first-order valence-corrected chi connectivity index (χ1v) is 21.4. The Labute approximate surface area is 348 Å². The Hall–Kier alpha value is -6.70. The maximum absolute atomic E-state index is 2.70. The lowest BCUT2D eigenvalue weighted by molar-refractivity contribution is 0.535.